The monoisotopic (exact) mass is 530 g/mol. The van der Waals surface area contributed by atoms with Gasteiger partial charge in [0.2, 0.25) is 5.91 Å². The number of nitrogens with two attached hydrogens (primary N) is 1. The van der Waals surface area contributed by atoms with Crippen molar-refractivity contribution in [3.05, 3.63) is 105 Å². The maximum Gasteiger partial charge on any atom is 0.416 e. The average Bonchev–Trinajstić information content (AvgIpc) is 3.12. The third-order valence-corrected chi connectivity index (χ3v) is 6.65. The number of carbonyl (C=O) groups excluding carboxylic acids is 1. The number of halogens is 6. The third kappa shape index (κ3) is 4.18. The van der Waals surface area contributed by atoms with Crippen molar-refractivity contribution in [2.45, 2.75) is 12.7 Å². The Balaban J connectivity index is 1.79. The SMILES string of the molecule is NC(=O)c1cccc2c1c1ccc(-c3ccc(Cl)cc3Cl)cc1n2Cc1cc(C(F)(F)F)ccc1F. The lowest BCUT2D eigenvalue weighted by atomic mass is 10.0. The number of hydrogen-bond acceptors (Lipinski definition) is 1. The summed E-state index contributed by atoms with van der Waals surface area (Å²) in [5.74, 6) is -1.43. The van der Waals surface area contributed by atoms with E-state index >= 15 is 0 Å². The molecule has 3 nitrogen and oxygen atoms in total. The molecule has 0 bridgehead atoms. The van der Waals surface area contributed by atoms with Crippen molar-refractivity contribution in [3.63, 3.8) is 0 Å². The standard InChI is InChI=1S/C27H16Cl2F4N2O/c28-17-6-8-18(21(29)12-17)14-4-7-19-24(11-14)35(23-3-1-2-20(25(19)23)26(34)36)13-15-10-16(27(31,32)33)5-9-22(15)30/h1-12H,13H2,(H2,34,36). The second kappa shape index (κ2) is 8.84. The number of primary amides is 1. The molecule has 2 N–H and O–H groups in total. The third-order valence-electron chi connectivity index (χ3n) is 6.10. The van der Waals surface area contributed by atoms with Crippen molar-refractivity contribution in [1.29, 1.82) is 0 Å². The van der Waals surface area contributed by atoms with E-state index in [2.05, 4.69) is 0 Å². The van der Waals surface area contributed by atoms with Crippen LogP contribution in [0.25, 0.3) is 32.9 Å². The van der Waals surface area contributed by atoms with Crippen molar-refractivity contribution in [3.8, 4) is 11.1 Å². The maximum atomic E-state index is 14.7. The smallest absolute Gasteiger partial charge is 0.366 e. The largest absolute Gasteiger partial charge is 0.416 e. The van der Waals surface area contributed by atoms with Gasteiger partial charge in [0, 0.05) is 37.5 Å². The van der Waals surface area contributed by atoms with Crippen LogP contribution < -0.4 is 5.73 Å². The Kier molecular flexibility index (Phi) is 5.93. The molecule has 0 atom stereocenters. The number of amides is 1. The van der Waals surface area contributed by atoms with Gasteiger partial charge in [-0.25, -0.2) is 4.39 Å². The molecule has 0 aliphatic carbocycles. The lowest BCUT2D eigenvalue weighted by molar-refractivity contribution is -0.137. The van der Waals surface area contributed by atoms with E-state index < -0.39 is 23.5 Å². The zero-order valence-corrected chi connectivity index (χ0v) is 19.8. The van der Waals surface area contributed by atoms with E-state index in [1.807, 2.05) is 6.07 Å². The molecule has 0 aliphatic rings. The second-order valence-electron chi connectivity index (χ2n) is 8.31. The summed E-state index contributed by atoms with van der Waals surface area (Å²) in [6.07, 6.45) is -4.62. The number of hydrogen-bond donors (Lipinski definition) is 1. The van der Waals surface area contributed by atoms with E-state index in [0.717, 1.165) is 12.1 Å². The average molecular weight is 531 g/mol. The highest BCUT2D eigenvalue weighted by molar-refractivity contribution is 6.36. The molecule has 1 amide bonds. The van der Waals surface area contributed by atoms with Crippen LogP contribution in [0.2, 0.25) is 10.0 Å². The highest BCUT2D eigenvalue weighted by Crippen LogP contribution is 2.38. The summed E-state index contributed by atoms with van der Waals surface area (Å²) >= 11 is 12.4. The molecule has 0 fully saturated rings. The first-order chi connectivity index (χ1) is 17.0. The second-order valence-corrected chi connectivity index (χ2v) is 9.15. The molecule has 1 heterocycles. The van der Waals surface area contributed by atoms with Crippen LogP contribution in [0, 0.1) is 5.82 Å². The summed E-state index contributed by atoms with van der Waals surface area (Å²) < 4.78 is 56.4. The fourth-order valence-electron chi connectivity index (χ4n) is 4.45. The minimum absolute atomic E-state index is 0.150. The number of aromatic nitrogens is 1. The van der Waals surface area contributed by atoms with E-state index in [1.54, 1.807) is 53.1 Å². The normalized spacial score (nSPS) is 11.9. The molecule has 4 aromatic carbocycles. The summed E-state index contributed by atoms with van der Waals surface area (Å²) in [6, 6.07) is 17.6. The first kappa shape index (κ1) is 24.2. The van der Waals surface area contributed by atoms with Crippen LogP contribution >= 0.6 is 23.2 Å². The van der Waals surface area contributed by atoms with E-state index in [-0.39, 0.29) is 17.7 Å². The Morgan fingerprint density at radius 1 is 0.917 bits per heavy atom. The van der Waals surface area contributed by atoms with Crippen molar-refractivity contribution in [1.82, 2.24) is 4.57 Å². The van der Waals surface area contributed by atoms with Gasteiger partial charge in [-0.3, -0.25) is 4.79 Å². The molecule has 0 aliphatic heterocycles. The van der Waals surface area contributed by atoms with E-state index in [4.69, 9.17) is 28.9 Å². The molecule has 9 heteroatoms. The van der Waals surface area contributed by atoms with Crippen molar-refractivity contribution < 1.29 is 22.4 Å². The van der Waals surface area contributed by atoms with Gasteiger partial charge < -0.3 is 10.3 Å². The Morgan fingerprint density at radius 3 is 2.39 bits per heavy atom. The summed E-state index contributed by atoms with van der Waals surface area (Å²) in [5.41, 5.74) is 7.24. The van der Waals surface area contributed by atoms with Crippen LogP contribution in [-0.2, 0) is 12.7 Å². The van der Waals surface area contributed by atoms with Crippen molar-refractivity contribution >= 4 is 50.9 Å². The quantitative estimate of drug-likeness (QED) is 0.234. The summed E-state index contributed by atoms with van der Waals surface area (Å²) in [5, 5.41) is 2.04. The van der Waals surface area contributed by atoms with Crippen LogP contribution in [0.3, 0.4) is 0 Å². The van der Waals surface area contributed by atoms with Crippen LogP contribution in [0.15, 0.2) is 72.8 Å². The van der Waals surface area contributed by atoms with Gasteiger partial charge in [-0.15, -0.1) is 0 Å². The lowest BCUT2D eigenvalue weighted by Crippen LogP contribution is -2.11. The molecule has 182 valence electrons. The Morgan fingerprint density at radius 2 is 1.69 bits per heavy atom. The number of carbonyl (C=O) groups is 1. The fraction of sp³-hybridized carbons (Fsp3) is 0.0741. The van der Waals surface area contributed by atoms with Crippen LogP contribution in [-0.4, -0.2) is 10.5 Å². The van der Waals surface area contributed by atoms with Gasteiger partial charge in [0.15, 0.2) is 0 Å². The molecular weight excluding hydrogens is 515 g/mol. The molecule has 0 unspecified atom stereocenters. The number of benzene rings is 4. The first-order valence-electron chi connectivity index (χ1n) is 10.7. The maximum absolute atomic E-state index is 14.7. The first-order valence-corrected chi connectivity index (χ1v) is 11.5. The minimum atomic E-state index is -4.62. The van der Waals surface area contributed by atoms with E-state index in [9.17, 15) is 22.4 Å². The van der Waals surface area contributed by atoms with E-state index in [1.165, 1.54) is 0 Å². The molecule has 1 aromatic heterocycles. The lowest BCUT2D eigenvalue weighted by Gasteiger charge is -2.13. The predicted octanol–water partition coefficient (Wildman–Crippen LogP) is 8.07. The van der Waals surface area contributed by atoms with Crippen LogP contribution in [0.5, 0.6) is 0 Å². The van der Waals surface area contributed by atoms with Gasteiger partial charge in [-0.2, -0.15) is 13.2 Å². The highest BCUT2D eigenvalue weighted by Gasteiger charge is 2.31. The van der Waals surface area contributed by atoms with Gasteiger partial charge >= 0.3 is 6.18 Å². The zero-order chi connectivity index (χ0) is 25.8. The molecule has 5 aromatic rings. The highest BCUT2D eigenvalue weighted by atomic mass is 35.5. The Labute approximate surface area is 212 Å². The molecule has 36 heavy (non-hydrogen) atoms. The van der Waals surface area contributed by atoms with E-state index in [0.29, 0.717) is 49.0 Å². The number of nitrogens with zero attached hydrogens (tertiary/aromatic N) is 1. The Hall–Kier alpha value is -3.55. The zero-order valence-electron chi connectivity index (χ0n) is 18.3. The Bertz CT molecular complexity index is 1670. The van der Waals surface area contributed by atoms with Gasteiger partial charge in [0.1, 0.15) is 5.82 Å². The molecule has 0 radical (unpaired) electrons. The van der Waals surface area contributed by atoms with Gasteiger partial charge in [-0.05, 0) is 54.1 Å². The summed E-state index contributed by atoms with van der Waals surface area (Å²) in [4.78, 5) is 12.2. The van der Waals surface area contributed by atoms with Crippen LogP contribution in [0.1, 0.15) is 21.5 Å². The minimum Gasteiger partial charge on any atom is -0.366 e. The number of alkyl halides is 3. The van der Waals surface area contributed by atoms with Crippen molar-refractivity contribution in [2.24, 2.45) is 5.73 Å². The summed E-state index contributed by atoms with van der Waals surface area (Å²) in [7, 11) is 0. The van der Waals surface area contributed by atoms with Gasteiger partial charge in [0.25, 0.3) is 0 Å². The fourth-order valence-corrected chi connectivity index (χ4v) is 4.97. The van der Waals surface area contributed by atoms with Gasteiger partial charge in [-0.1, -0.05) is 47.5 Å². The predicted molar refractivity (Wildman–Crippen MR) is 134 cm³/mol. The molecule has 0 saturated heterocycles. The van der Waals surface area contributed by atoms with Crippen LogP contribution in [0.4, 0.5) is 17.6 Å². The van der Waals surface area contributed by atoms with Gasteiger partial charge in [0.05, 0.1) is 23.1 Å². The molecule has 0 saturated carbocycles. The topological polar surface area (TPSA) is 48.0 Å². The summed E-state index contributed by atoms with van der Waals surface area (Å²) in [6.45, 7) is -0.213. The molecular formula is C27H16Cl2F4N2O. The van der Waals surface area contributed by atoms with Crippen molar-refractivity contribution in [2.75, 3.05) is 0 Å². The molecule has 0 spiro atoms. The number of fused-ring (bicyclic) bond motifs is 3. The molecule has 5 rings (SSSR count). The number of rotatable bonds is 4.